The Morgan fingerprint density at radius 3 is 2.87 bits per heavy atom. The summed E-state index contributed by atoms with van der Waals surface area (Å²) in [6.45, 7) is 1.99. The number of hydrogen-bond acceptors (Lipinski definition) is 3. The third-order valence-corrected chi connectivity index (χ3v) is 3.77. The van der Waals surface area contributed by atoms with Crippen molar-refractivity contribution in [1.82, 2.24) is 9.78 Å². The highest BCUT2D eigenvalue weighted by atomic mass is 16.2. The number of hydrogen-bond donors (Lipinski definition) is 2. The van der Waals surface area contributed by atoms with Gasteiger partial charge < -0.3 is 10.6 Å². The van der Waals surface area contributed by atoms with Crippen LogP contribution in [0.2, 0.25) is 0 Å². The van der Waals surface area contributed by atoms with Gasteiger partial charge in [0, 0.05) is 13.2 Å². The fourth-order valence-electron chi connectivity index (χ4n) is 2.74. The van der Waals surface area contributed by atoms with E-state index in [1.54, 1.807) is 30.2 Å². The second-order valence-electron chi connectivity index (χ2n) is 5.51. The van der Waals surface area contributed by atoms with E-state index < -0.39 is 6.04 Å². The molecule has 0 saturated heterocycles. The number of carbonyl (C=O) groups excluding carboxylic acids is 2. The standard InChI is InChI=1S/C16H19N5O2/c1-3-6-14-15(22)19-12-7-4-5-8-13(12)21(14)16(23)18-11-9-17-20(2)10-11/h4-5,7-10,14H,3,6H2,1-2H3,(H,18,23)(H,19,22). The largest absolute Gasteiger partial charge is 0.327 e. The molecule has 1 unspecified atom stereocenters. The van der Waals surface area contributed by atoms with E-state index in [0.29, 0.717) is 23.5 Å². The van der Waals surface area contributed by atoms with Crippen LogP contribution in [-0.2, 0) is 11.8 Å². The van der Waals surface area contributed by atoms with Crippen LogP contribution >= 0.6 is 0 Å². The maximum atomic E-state index is 12.8. The second-order valence-corrected chi connectivity index (χ2v) is 5.51. The van der Waals surface area contributed by atoms with Crippen LogP contribution in [0.5, 0.6) is 0 Å². The average Bonchev–Trinajstić information content (AvgIpc) is 2.93. The molecule has 1 atom stereocenters. The van der Waals surface area contributed by atoms with Crippen LogP contribution in [-0.4, -0.2) is 27.8 Å². The van der Waals surface area contributed by atoms with Crippen LogP contribution in [0, 0.1) is 0 Å². The van der Waals surface area contributed by atoms with Crippen LogP contribution in [0.25, 0.3) is 0 Å². The van der Waals surface area contributed by atoms with Gasteiger partial charge in [-0.15, -0.1) is 0 Å². The number of amides is 3. The summed E-state index contributed by atoms with van der Waals surface area (Å²) in [6.07, 6.45) is 4.68. The first-order valence-corrected chi connectivity index (χ1v) is 7.59. The molecule has 2 aromatic rings. The van der Waals surface area contributed by atoms with Crippen molar-refractivity contribution in [2.45, 2.75) is 25.8 Å². The number of rotatable bonds is 3. The topological polar surface area (TPSA) is 79.3 Å². The zero-order valence-corrected chi connectivity index (χ0v) is 13.1. The Balaban J connectivity index is 1.94. The first-order chi connectivity index (χ1) is 11.1. The van der Waals surface area contributed by atoms with Crippen molar-refractivity contribution in [3.63, 3.8) is 0 Å². The Morgan fingerprint density at radius 1 is 1.39 bits per heavy atom. The van der Waals surface area contributed by atoms with E-state index >= 15 is 0 Å². The van der Waals surface area contributed by atoms with Crippen molar-refractivity contribution in [2.24, 2.45) is 7.05 Å². The van der Waals surface area contributed by atoms with Crippen molar-refractivity contribution in [2.75, 3.05) is 15.5 Å². The Bertz CT molecular complexity index is 740. The molecule has 3 rings (SSSR count). The van der Waals surface area contributed by atoms with E-state index in [0.717, 1.165) is 6.42 Å². The summed E-state index contributed by atoms with van der Waals surface area (Å²) in [7, 11) is 1.78. The fraction of sp³-hybridized carbons (Fsp3) is 0.312. The number of fused-ring (bicyclic) bond motifs is 1. The Kier molecular flexibility index (Phi) is 4.01. The molecule has 23 heavy (non-hydrogen) atoms. The summed E-state index contributed by atoms with van der Waals surface area (Å²) in [6, 6.07) is 6.45. The third-order valence-electron chi connectivity index (χ3n) is 3.77. The minimum atomic E-state index is -0.522. The van der Waals surface area contributed by atoms with Gasteiger partial charge in [0.1, 0.15) is 6.04 Å². The highest BCUT2D eigenvalue weighted by Gasteiger charge is 2.36. The number of benzene rings is 1. The van der Waals surface area contributed by atoms with Gasteiger partial charge in [-0.1, -0.05) is 25.5 Å². The van der Waals surface area contributed by atoms with E-state index in [2.05, 4.69) is 15.7 Å². The molecule has 0 fully saturated rings. The molecular formula is C16H19N5O2. The molecule has 0 radical (unpaired) electrons. The van der Waals surface area contributed by atoms with Gasteiger partial charge in [0.25, 0.3) is 0 Å². The molecule has 1 aliphatic heterocycles. The summed E-state index contributed by atoms with van der Waals surface area (Å²) < 4.78 is 1.61. The normalized spacial score (nSPS) is 16.7. The smallest absolute Gasteiger partial charge is 0.322 e. The first kappa shape index (κ1) is 15.1. The zero-order valence-electron chi connectivity index (χ0n) is 13.1. The fourth-order valence-corrected chi connectivity index (χ4v) is 2.74. The number of para-hydroxylation sites is 2. The van der Waals surface area contributed by atoms with E-state index in [1.807, 2.05) is 25.1 Å². The maximum Gasteiger partial charge on any atom is 0.327 e. The molecule has 0 spiro atoms. The first-order valence-electron chi connectivity index (χ1n) is 7.59. The SMILES string of the molecule is CCCC1C(=O)Nc2ccccc2N1C(=O)Nc1cnn(C)c1. The lowest BCUT2D eigenvalue weighted by Crippen LogP contribution is -2.52. The Morgan fingerprint density at radius 2 is 2.17 bits per heavy atom. The lowest BCUT2D eigenvalue weighted by atomic mass is 10.0. The van der Waals surface area contributed by atoms with Gasteiger partial charge in [-0.25, -0.2) is 4.79 Å². The van der Waals surface area contributed by atoms with Crippen LogP contribution in [0.1, 0.15) is 19.8 Å². The minimum absolute atomic E-state index is 0.160. The molecule has 1 aromatic carbocycles. The number of carbonyl (C=O) groups is 2. The van der Waals surface area contributed by atoms with Crippen LogP contribution < -0.4 is 15.5 Å². The molecule has 2 heterocycles. The van der Waals surface area contributed by atoms with Gasteiger partial charge in [-0.05, 0) is 18.6 Å². The van der Waals surface area contributed by atoms with Gasteiger partial charge in [0.2, 0.25) is 5.91 Å². The number of anilines is 3. The summed E-state index contributed by atoms with van der Waals surface area (Å²) in [5.74, 6) is -0.160. The van der Waals surface area contributed by atoms with Gasteiger partial charge in [0.05, 0.1) is 23.3 Å². The van der Waals surface area contributed by atoms with Crippen molar-refractivity contribution >= 4 is 29.0 Å². The molecule has 1 aromatic heterocycles. The van der Waals surface area contributed by atoms with E-state index in [9.17, 15) is 9.59 Å². The van der Waals surface area contributed by atoms with Crippen LogP contribution in [0.15, 0.2) is 36.7 Å². The Hall–Kier alpha value is -2.83. The number of aryl methyl sites for hydroxylation is 1. The van der Waals surface area contributed by atoms with E-state index in [-0.39, 0.29) is 11.9 Å². The Labute approximate surface area is 134 Å². The van der Waals surface area contributed by atoms with Gasteiger partial charge in [-0.2, -0.15) is 5.10 Å². The van der Waals surface area contributed by atoms with Gasteiger partial charge in [-0.3, -0.25) is 14.4 Å². The van der Waals surface area contributed by atoms with Crippen molar-refractivity contribution in [3.8, 4) is 0 Å². The van der Waals surface area contributed by atoms with Crippen molar-refractivity contribution in [1.29, 1.82) is 0 Å². The highest BCUT2D eigenvalue weighted by molar-refractivity contribution is 6.14. The van der Waals surface area contributed by atoms with E-state index in [4.69, 9.17) is 0 Å². The molecule has 2 N–H and O–H groups in total. The summed E-state index contributed by atoms with van der Waals surface area (Å²) in [5, 5.41) is 9.71. The maximum absolute atomic E-state index is 12.8. The predicted octanol–water partition coefficient (Wildman–Crippen LogP) is 2.58. The molecule has 1 aliphatic rings. The lowest BCUT2D eigenvalue weighted by Gasteiger charge is -2.36. The quantitative estimate of drug-likeness (QED) is 0.914. The van der Waals surface area contributed by atoms with Crippen molar-refractivity contribution in [3.05, 3.63) is 36.7 Å². The average molecular weight is 313 g/mol. The van der Waals surface area contributed by atoms with E-state index in [1.165, 1.54) is 4.90 Å². The van der Waals surface area contributed by atoms with Crippen molar-refractivity contribution < 1.29 is 9.59 Å². The zero-order chi connectivity index (χ0) is 16.4. The second kappa shape index (κ2) is 6.12. The summed E-state index contributed by atoms with van der Waals surface area (Å²) in [5.41, 5.74) is 1.94. The molecule has 0 aliphatic carbocycles. The molecule has 120 valence electrons. The van der Waals surface area contributed by atoms with Gasteiger partial charge in [0.15, 0.2) is 0 Å². The summed E-state index contributed by atoms with van der Waals surface area (Å²) in [4.78, 5) is 26.7. The molecule has 7 heteroatoms. The number of aromatic nitrogens is 2. The number of nitrogens with one attached hydrogen (secondary N) is 2. The molecule has 3 amide bonds. The predicted molar refractivity (Wildman–Crippen MR) is 88.5 cm³/mol. The lowest BCUT2D eigenvalue weighted by molar-refractivity contribution is -0.117. The molecular weight excluding hydrogens is 294 g/mol. The van der Waals surface area contributed by atoms with Crippen LogP contribution in [0.4, 0.5) is 21.9 Å². The number of nitrogens with zero attached hydrogens (tertiary/aromatic N) is 3. The van der Waals surface area contributed by atoms with Crippen LogP contribution in [0.3, 0.4) is 0 Å². The number of urea groups is 1. The minimum Gasteiger partial charge on any atom is -0.322 e. The molecule has 0 saturated carbocycles. The highest BCUT2D eigenvalue weighted by Crippen LogP contribution is 2.33. The molecule has 0 bridgehead atoms. The summed E-state index contributed by atoms with van der Waals surface area (Å²) >= 11 is 0. The van der Waals surface area contributed by atoms with Gasteiger partial charge >= 0.3 is 6.03 Å². The third kappa shape index (κ3) is 2.90. The monoisotopic (exact) mass is 313 g/mol. The molecule has 7 nitrogen and oxygen atoms in total.